The molecule has 2 aliphatic rings. The minimum absolute atomic E-state index is 0.137. The SMILES string of the molecule is Cc1ccccc1C1(CNC(=O)C2CCC(N)C2)CC1. The summed E-state index contributed by atoms with van der Waals surface area (Å²) >= 11 is 0. The monoisotopic (exact) mass is 272 g/mol. The molecule has 1 aromatic carbocycles. The van der Waals surface area contributed by atoms with Gasteiger partial charge in [0, 0.05) is 23.9 Å². The Morgan fingerprint density at radius 1 is 1.35 bits per heavy atom. The van der Waals surface area contributed by atoms with Crippen LogP contribution in [0.2, 0.25) is 0 Å². The first kappa shape index (κ1) is 13.6. The van der Waals surface area contributed by atoms with Crippen molar-refractivity contribution >= 4 is 5.91 Å². The summed E-state index contributed by atoms with van der Waals surface area (Å²) in [5, 5.41) is 3.18. The lowest BCUT2D eigenvalue weighted by atomic mass is 9.91. The van der Waals surface area contributed by atoms with Gasteiger partial charge >= 0.3 is 0 Å². The van der Waals surface area contributed by atoms with Crippen LogP contribution in [0.25, 0.3) is 0 Å². The fourth-order valence-corrected chi connectivity index (χ4v) is 3.52. The van der Waals surface area contributed by atoms with Crippen LogP contribution in [0.5, 0.6) is 0 Å². The van der Waals surface area contributed by atoms with Crippen LogP contribution in [0, 0.1) is 12.8 Å². The molecule has 0 spiro atoms. The van der Waals surface area contributed by atoms with Gasteiger partial charge in [-0.25, -0.2) is 0 Å². The van der Waals surface area contributed by atoms with E-state index in [1.54, 1.807) is 0 Å². The summed E-state index contributed by atoms with van der Waals surface area (Å²) in [7, 11) is 0. The maximum atomic E-state index is 12.2. The third-order valence-electron chi connectivity index (χ3n) is 5.01. The summed E-state index contributed by atoms with van der Waals surface area (Å²) in [6, 6.07) is 8.76. The average molecular weight is 272 g/mol. The first-order valence-corrected chi connectivity index (χ1v) is 7.70. The van der Waals surface area contributed by atoms with Gasteiger partial charge in [0.1, 0.15) is 0 Å². The largest absolute Gasteiger partial charge is 0.355 e. The van der Waals surface area contributed by atoms with Crippen molar-refractivity contribution < 1.29 is 4.79 Å². The molecule has 3 heteroatoms. The Balaban J connectivity index is 1.61. The number of nitrogens with two attached hydrogens (primary N) is 1. The number of benzene rings is 1. The van der Waals surface area contributed by atoms with E-state index in [1.165, 1.54) is 24.0 Å². The molecule has 3 N–H and O–H groups in total. The van der Waals surface area contributed by atoms with Gasteiger partial charge in [0.05, 0.1) is 0 Å². The Labute approximate surface area is 120 Å². The molecule has 20 heavy (non-hydrogen) atoms. The zero-order chi connectivity index (χ0) is 14.2. The minimum atomic E-state index is 0.137. The topological polar surface area (TPSA) is 55.1 Å². The standard InChI is InChI=1S/C17H24N2O/c1-12-4-2-3-5-15(12)17(8-9-17)11-19-16(20)13-6-7-14(18)10-13/h2-5,13-14H,6-11,18H2,1H3,(H,19,20). The molecule has 3 nitrogen and oxygen atoms in total. The molecule has 1 amide bonds. The number of aryl methyl sites for hydroxylation is 1. The molecule has 0 saturated heterocycles. The molecule has 2 aliphatic carbocycles. The van der Waals surface area contributed by atoms with Crippen LogP contribution in [0.1, 0.15) is 43.2 Å². The van der Waals surface area contributed by atoms with Crippen LogP contribution in [-0.2, 0) is 10.2 Å². The zero-order valence-corrected chi connectivity index (χ0v) is 12.2. The second-order valence-corrected chi connectivity index (χ2v) is 6.58. The van der Waals surface area contributed by atoms with Crippen molar-refractivity contribution in [3.05, 3.63) is 35.4 Å². The highest BCUT2D eigenvalue weighted by molar-refractivity contribution is 5.79. The number of nitrogens with one attached hydrogen (secondary N) is 1. The van der Waals surface area contributed by atoms with E-state index in [2.05, 4.69) is 36.5 Å². The Kier molecular flexibility index (Phi) is 3.55. The number of rotatable bonds is 4. The molecular weight excluding hydrogens is 248 g/mol. The van der Waals surface area contributed by atoms with Crippen molar-refractivity contribution in [3.8, 4) is 0 Å². The van der Waals surface area contributed by atoms with Crippen LogP contribution in [0.3, 0.4) is 0 Å². The van der Waals surface area contributed by atoms with Gasteiger partial charge in [0.2, 0.25) is 5.91 Å². The van der Waals surface area contributed by atoms with Gasteiger partial charge in [0.15, 0.2) is 0 Å². The first-order chi connectivity index (χ1) is 9.61. The summed E-state index contributed by atoms with van der Waals surface area (Å²) in [6.07, 6.45) is 5.15. The normalized spacial score (nSPS) is 27.3. The number of hydrogen-bond donors (Lipinski definition) is 2. The van der Waals surface area contributed by atoms with Gasteiger partial charge in [-0.3, -0.25) is 4.79 Å². The highest BCUT2D eigenvalue weighted by Crippen LogP contribution is 2.48. The van der Waals surface area contributed by atoms with Crippen molar-refractivity contribution in [2.24, 2.45) is 11.7 Å². The molecule has 0 aliphatic heterocycles. The molecule has 3 rings (SSSR count). The van der Waals surface area contributed by atoms with Crippen LogP contribution in [0.4, 0.5) is 0 Å². The molecule has 2 saturated carbocycles. The van der Waals surface area contributed by atoms with Gasteiger partial charge in [-0.2, -0.15) is 0 Å². The maximum absolute atomic E-state index is 12.2. The van der Waals surface area contributed by atoms with Gasteiger partial charge < -0.3 is 11.1 Å². The molecule has 0 heterocycles. The lowest BCUT2D eigenvalue weighted by Gasteiger charge is -2.20. The summed E-state index contributed by atoms with van der Waals surface area (Å²) in [5.41, 5.74) is 8.83. The Morgan fingerprint density at radius 3 is 2.70 bits per heavy atom. The highest BCUT2D eigenvalue weighted by Gasteiger charge is 2.45. The summed E-state index contributed by atoms with van der Waals surface area (Å²) in [5.74, 6) is 0.343. The van der Waals surface area contributed by atoms with Crippen molar-refractivity contribution in [1.82, 2.24) is 5.32 Å². The molecule has 0 aromatic heterocycles. The molecule has 2 fully saturated rings. The second-order valence-electron chi connectivity index (χ2n) is 6.58. The predicted octanol–water partition coefficient (Wildman–Crippen LogP) is 2.27. The highest BCUT2D eigenvalue weighted by atomic mass is 16.1. The number of carbonyl (C=O) groups excluding carboxylic acids is 1. The fraction of sp³-hybridized carbons (Fsp3) is 0.588. The number of amides is 1. The molecule has 1 aromatic rings. The summed E-state index contributed by atoms with van der Waals surface area (Å²) in [4.78, 5) is 12.2. The van der Waals surface area contributed by atoms with E-state index in [0.717, 1.165) is 25.8 Å². The third-order valence-corrected chi connectivity index (χ3v) is 5.01. The number of hydrogen-bond acceptors (Lipinski definition) is 2. The first-order valence-electron chi connectivity index (χ1n) is 7.70. The Hall–Kier alpha value is -1.35. The Morgan fingerprint density at radius 2 is 2.10 bits per heavy atom. The molecular formula is C17H24N2O. The lowest BCUT2D eigenvalue weighted by molar-refractivity contribution is -0.124. The van der Waals surface area contributed by atoms with Crippen LogP contribution < -0.4 is 11.1 Å². The van der Waals surface area contributed by atoms with E-state index in [0.29, 0.717) is 0 Å². The van der Waals surface area contributed by atoms with Crippen LogP contribution >= 0.6 is 0 Å². The minimum Gasteiger partial charge on any atom is -0.355 e. The van der Waals surface area contributed by atoms with E-state index in [9.17, 15) is 4.79 Å². The van der Waals surface area contributed by atoms with E-state index in [-0.39, 0.29) is 23.3 Å². The van der Waals surface area contributed by atoms with E-state index >= 15 is 0 Å². The van der Waals surface area contributed by atoms with E-state index < -0.39 is 0 Å². The summed E-state index contributed by atoms with van der Waals surface area (Å²) in [6.45, 7) is 2.94. The summed E-state index contributed by atoms with van der Waals surface area (Å²) < 4.78 is 0. The van der Waals surface area contributed by atoms with Crippen LogP contribution in [-0.4, -0.2) is 18.5 Å². The quantitative estimate of drug-likeness (QED) is 0.883. The number of carbonyl (C=O) groups is 1. The molecule has 0 radical (unpaired) electrons. The van der Waals surface area contributed by atoms with Crippen LogP contribution in [0.15, 0.2) is 24.3 Å². The van der Waals surface area contributed by atoms with Crippen molar-refractivity contribution in [1.29, 1.82) is 0 Å². The third kappa shape index (κ3) is 2.59. The van der Waals surface area contributed by atoms with Gasteiger partial charge in [-0.05, 0) is 50.2 Å². The molecule has 2 unspecified atom stereocenters. The molecule has 0 bridgehead atoms. The predicted molar refractivity (Wildman–Crippen MR) is 80.4 cm³/mol. The molecule has 2 atom stereocenters. The Bertz CT molecular complexity index is 507. The van der Waals surface area contributed by atoms with Gasteiger partial charge in [-0.15, -0.1) is 0 Å². The van der Waals surface area contributed by atoms with Crippen molar-refractivity contribution in [2.75, 3.05) is 6.54 Å². The smallest absolute Gasteiger partial charge is 0.223 e. The lowest BCUT2D eigenvalue weighted by Crippen LogP contribution is -2.36. The van der Waals surface area contributed by atoms with E-state index in [1.807, 2.05) is 0 Å². The zero-order valence-electron chi connectivity index (χ0n) is 12.2. The maximum Gasteiger partial charge on any atom is 0.223 e. The van der Waals surface area contributed by atoms with Crippen molar-refractivity contribution in [2.45, 2.75) is 50.5 Å². The molecule has 108 valence electrons. The fourth-order valence-electron chi connectivity index (χ4n) is 3.52. The van der Waals surface area contributed by atoms with Crippen molar-refractivity contribution in [3.63, 3.8) is 0 Å². The van der Waals surface area contributed by atoms with Gasteiger partial charge in [-0.1, -0.05) is 24.3 Å². The van der Waals surface area contributed by atoms with Gasteiger partial charge in [0.25, 0.3) is 0 Å². The van der Waals surface area contributed by atoms with E-state index in [4.69, 9.17) is 5.73 Å². The average Bonchev–Trinajstić information content (AvgIpc) is 3.10. The second kappa shape index (κ2) is 5.21.